The highest BCUT2D eigenvalue weighted by atomic mass is 16.5. The molecule has 42 heavy (non-hydrogen) atoms. The molecule has 0 aliphatic rings. The molecule has 1 unspecified atom stereocenters. The molecule has 3 rings (SSSR count). The molecule has 3 aromatic rings. The molecule has 0 aliphatic carbocycles. The van der Waals surface area contributed by atoms with Gasteiger partial charge in [-0.25, -0.2) is 4.79 Å². The summed E-state index contributed by atoms with van der Waals surface area (Å²) >= 11 is 0. The van der Waals surface area contributed by atoms with E-state index in [1.807, 2.05) is 6.08 Å². The second kappa shape index (κ2) is 19.6. The zero-order valence-corrected chi connectivity index (χ0v) is 25.2. The molecule has 0 saturated carbocycles. The Morgan fingerprint density at radius 1 is 0.762 bits per heavy atom. The molecule has 0 saturated heterocycles. The minimum atomic E-state index is -0.896. The van der Waals surface area contributed by atoms with Gasteiger partial charge in [0.15, 0.2) is 0 Å². The van der Waals surface area contributed by atoms with Gasteiger partial charge < -0.3 is 14.2 Å². The fourth-order valence-corrected chi connectivity index (χ4v) is 4.38. The Kier molecular flexibility index (Phi) is 10.7. The van der Waals surface area contributed by atoms with E-state index in [2.05, 4.69) is 13.5 Å². The van der Waals surface area contributed by atoms with Crippen LogP contribution in [0, 0.1) is 0 Å². The summed E-state index contributed by atoms with van der Waals surface area (Å²) in [4.78, 5) is 13.0. The molecular weight excluding hydrogens is 520 g/mol. The molecule has 0 aromatic heterocycles. The molecule has 0 aliphatic heterocycles. The van der Waals surface area contributed by atoms with E-state index in [0.717, 1.165) is 51.4 Å². The smallest absolute Gasteiger partial charge is 0.343 e. The zero-order valence-electron chi connectivity index (χ0n) is 33.2. The number of benzene rings is 3. The molecule has 0 bridgehead atoms. The van der Waals surface area contributed by atoms with E-state index in [1.54, 1.807) is 19.1 Å². The number of allylic oxidation sites excluding steroid dienone is 1. The van der Waals surface area contributed by atoms with Gasteiger partial charge in [0.25, 0.3) is 0 Å². The SMILES string of the molecule is [2H]c1c([2H])c(-c2c([2H])c([2H])c(OC(C)CCCCCC)c([2H])c2[2H])c([2H])c([2H])c1OC(=O)c1ccc(OCCCCCCCCCC=C)cc1. The second-order valence-corrected chi connectivity index (χ2v) is 10.5. The molecule has 226 valence electrons. The number of hydrogen-bond donors (Lipinski definition) is 0. The van der Waals surface area contributed by atoms with Crippen LogP contribution in [0.1, 0.15) is 119 Å². The Bertz CT molecular complexity index is 1540. The monoisotopic (exact) mass is 578 g/mol. The van der Waals surface area contributed by atoms with Gasteiger partial charge in [0.1, 0.15) is 17.2 Å². The third-order valence-corrected chi connectivity index (χ3v) is 6.84. The third-order valence-electron chi connectivity index (χ3n) is 6.84. The molecule has 0 radical (unpaired) electrons. The number of rotatable bonds is 21. The lowest BCUT2D eigenvalue weighted by Gasteiger charge is -2.15. The lowest BCUT2D eigenvalue weighted by Crippen LogP contribution is -2.11. The van der Waals surface area contributed by atoms with E-state index < -0.39 is 71.2 Å². The summed E-state index contributed by atoms with van der Waals surface area (Å²) in [6, 6.07) is 1.45. The molecule has 0 heterocycles. The highest BCUT2D eigenvalue weighted by Crippen LogP contribution is 2.26. The van der Waals surface area contributed by atoms with Crippen molar-refractivity contribution >= 4 is 5.97 Å². The van der Waals surface area contributed by atoms with Gasteiger partial charge in [-0.1, -0.05) is 88.5 Å². The third kappa shape index (κ3) is 12.5. The maximum atomic E-state index is 13.0. The predicted octanol–water partition coefficient (Wildman–Crippen LogP) is 11.0. The van der Waals surface area contributed by atoms with Crippen LogP contribution in [0.4, 0.5) is 0 Å². The van der Waals surface area contributed by atoms with Gasteiger partial charge in [0.05, 0.1) is 29.2 Å². The average Bonchev–Trinajstić information content (AvgIpc) is 3.11. The summed E-state index contributed by atoms with van der Waals surface area (Å²) in [5, 5.41) is 0. The normalized spacial score (nSPS) is 14.2. The first-order chi connectivity index (χ1) is 23.9. The Morgan fingerprint density at radius 2 is 1.33 bits per heavy atom. The number of unbranched alkanes of at least 4 members (excludes halogenated alkanes) is 10. The molecule has 0 N–H and O–H groups in total. The van der Waals surface area contributed by atoms with Crippen LogP contribution in [0.5, 0.6) is 17.2 Å². The van der Waals surface area contributed by atoms with Crippen molar-refractivity contribution in [2.45, 2.75) is 103 Å². The van der Waals surface area contributed by atoms with E-state index >= 15 is 0 Å². The number of hydrogen-bond acceptors (Lipinski definition) is 4. The summed E-state index contributed by atoms with van der Waals surface area (Å²) in [7, 11) is 0. The average molecular weight is 579 g/mol. The molecule has 0 amide bonds. The van der Waals surface area contributed by atoms with Crippen molar-refractivity contribution in [2.24, 2.45) is 0 Å². The largest absolute Gasteiger partial charge is 0.494 e. The van der Waals surface area contributed by atoms with Crippen molar-refractivity contribution in [3.63, 3.8) is 0 Å². The molecule has 4 nitrogen and oxygen atoms in total. The molecule has 0 spiro atoms. The van der Waals surface area contributed by atoms with Gasteiger partial charge in [-0.05, 0) is 98.6 Å². The first kappa shape index (κ1) is 23.0. The Labute approximate surface area is 265 Å². The van der Waals surface area contributed by atoms with Crippen LogP contribution >= 0.6 is 0 Å². The van der Waals surface area contributed by atoms with E-state index in [1.165, 1.54) is 37.8 Å². The standard InChI is InChI=1S/C38H50O4/c1-4-6-8-10-11-12-13-14-16-30-40-35-24-22-34(23-25-35)38(39)42-37-28-20-33(21-29-37)32-18-26-36(27-19-32)41-31(3)17-15-9-7-5-2/h4,18-29,31H,1,5-17,30H2,2-3H3/i18D,19D,20D,21D,26D,27D,28D,29D. The minimum Gasteiger partial charge on any atom is -0.494 e. The first-order valence-corrected chi connectivity index (χ1v) is 15.4. The van der Waals surface area contributed by atoms with Gasteiger partial charge in [0, 0.05) is 0 Å². The van der Waals surface area contributed by atoms with Crippen molar-refractivity contribution in [2.75, 3.05) is 6.61 Å². The molecular formula is C38H50O4. The quantitative estimate of drug-likeness (QED) is 0.0546. The lowest BCUT2D eigenvalue weighted by atomic mass is 10.1. The van der Waals surface area contributed by atoms with Gasteiger partial charge >= 0.3 is 5.97 Å². The van der Waals surface area contributed by atoms with E-state index in [0.29, 0.717) is 18.8 Å². The highest BCUT2D eigenvalue weighted by molar-refractivity contribution is 5.91. The summed E-state index contributed by atoms with van der Waals surface area (Å²) in [5.41, 5.74) is -0.710. The van der Waals surface area contributed by atoms with Gasteiger partial charge in [0.2, 0.25) is 0 Å². The van der Waals surface area contributed by atoms with Crippen LogP contribution in [0.2, 0.25) is 0 Å². The van der Waals surface area contributed by atoms with Gasteiger partial charge in [-0.2, -0.15) is 0 Å². The van der Waals surface area contributed by atoms with Crippen molar-refractivity contribution in [3.05, 3.63) is 90.8 Å². The minimum absolute atomic E-state index is 0.115. The van der Waals surface area contributed by atoms with E-state index in [9.17, 15) is 4.79 Å². The highest BCUT2D eigenvalue weighted by Gasteiger charge is 2.10. The van der Waals surface area contributed by atoms with Crippen molar-refractivity contribution in [1.29, 1.82) is 0 Å². The molecule has 4 heteroatoms. The number of esters is 1. The summed E-state index contributed by atoms with van der Waals surface area (Å²) in [5.74, 6) is -1.16. The van der Waals surface area contributed by atoms with Crippen LogP contribution in [-0.2, 0) is 0 Å². The fraction of sp³-hybridized carbons (Fsp3) is 0.447. The van der Waals surface area contributed by atoms with Gasteiger partial charge in [-0.3, -0.25) is 0 Å². The number of ether oxygens (including phenoxy) is 3. The number of carbonyl (C=O) groups is 1. The van der Waals surface area contributed by atoms with Gasteiger partial charge in [-0.15, -0.1) is 6.58 Å². The van der Waals surface area contributed by atoms with E-state index in [-0.39, 0.29) is 17.4 Å². The Hall–Kier alpha value is -3.53. The summed E-state index contributed by atoms with van der Waals surface area (Å²) < 4.78 is 85.6. The topological polar surface area (TPSA) is 44.8 Å². The Morgan fingerprint density at radius 3 is 1.95 bits per heavy atom. The molecule has 3 aromatic carbocycles. The maximum Gasteiger partial charge on any atom is 0.343 e. The zero-order chi connectivity index (χ0) is 36.8. The fourth-order valence-electron chi connectivity index (χ4n) is 4.38. The van der Waals surface area contributed by atoms with Crippen LogP contribution < -0.4 is 14.2 Å². The van der Waals surface area contributed by atoms with Crippen LogP contribution in [0.3, 0.4) is 0 Å². The van der Waals surface area contributed by atoms with Crippen molar-refractivity contribution < 1.29 is 30.0 Å². The van der Waals surface area contributed by atoms with Crippen molar-refractivity contribution in [3.8, 4) is 28.4 Å². The van der Waals surface area contributed by atoms with Crippen molar-refractivity contribution in [1.82, 2.24) is 0 Å². The Balaban J connectivity index is 1.71. The molecule has 1 atom stereocenters. The molecule has 0 fully saturated rings. The summed E-state index contributed by atoms with van der Waals surface area (Å²) in [6.45, 7) is 8.20. The predicted molar refractivity (Wildman–Crippen MR) is 175 cm³/mol. The lowest BCUT2D eigenvalue weighted by molar-refractivity contribution is 0.0734. The first-order valence-electron chi connectivity index (χ1n) is 19.4. The maximum absolute atomic E-state index is 13.0. The summed E-state index contributed by atoms with van der Waals surface area (Å²) in [6.07, 6.45) is 15.4. The van der Waals surface area contributed by atoms with Crippen LogP contribution in [-0.4, -0.2) is 18.7 Å². The number of carbonyl (C=O) groups excluding carboxylic acids is 1. The van der Waals surface area contributed by atoms with Crippen LogP contribution in [0.25, 0.3) is 11.1 Å². The van der Waals surface area contributed by atoms with Crippen LogP contribution in [0.15, 0.2) is 85.3 Å². The van der Waals surface area contributed by atoms with E-state index in [4.69, 9.17) is 25.2 Å². The second-order valence-electron chi connectivity index (χ2n) is 10.5.